The van der Waals surface area contributed by atoms with Crippen LogP contribution < -0.4 is 5.32 Å². The van der Waals surface area contributed by atoms with E-state index < -0.39 is 0 Å². The summed E-state index contributed by atoms with van der Waals surface area (Å²) in [5, 5.41) is 7.02. The highest BCUT2D eigenvalue weighted by atomic mass is 35.5. The zero-order chi connectivity index (χ0) is 17.0. The molecule has 3 heterocycles. The second-order valence-electron chi connectivity index (χ2n) is 6.46. The first kappa shape index (κ1) is 15.8. The first-order valence-corrected chi connectivity index (χ1v) is 10.4. The van der Waals surface area contributed by atoms with Crippen LogP contribution in [0.25, 0.3) is 21.0 Å². The van der Waals surface area contributed by atoms with Crippen molar-refractivity contribution in [1.29, 1.82) is 0 Å². The molecule has 1 N–H and O–H groups in total. The number of fused-ring (bicyclic) bond motifs is 1. The van der Waals surface area contributed by atoms with Gasteiger partial charge in [-0.1, -0.05) is 23.7 Å². The van der Waals surface area contributed by atoms with Crippen molar-refractivity contribution in [2.24, 2.45) is 0 Å². The van der Waals surface area contributed by atoms with Crippen molar-refractivity contribution in [1.82, 2.24) is 9.29 Å². The number of thiophene rings is 1. The quantitative estimate of drug-likeness (QED) is 0.455. The Morgan fingerprint density at radius 3 is 3.04 bits per heavy atom. The highest BCUT2D eigenvalue weighted by Gasteiger charge is 2.17. The lowest BCUT2D eigenvalue weighted by Crippen LogP contribution is -2.13. The van der Waals surface area contributed by atoms with E-state index in [2.05, 4.69) is 52.7 Å². The number of rotatable bonds is 2. The number of nitrogens with zero attached hydrogens (tertiary/aromatic N) is 1. The predicted octanol–water partition coefficient (Wildman–Crippen LogP) is 6.02. The fourth-order valence-corrected chi connectivity index (χ4v) is 6.23. The standard InChI is InChI=1S/C20H17ClN2S2/c1-12-16-9-15(21)5-6-18(16)24-20(12)25-23-11-14-7-8-22-10-13-3-2-4-17(23)19(13)14/h2-6,9,11,22H,7-8,10H2,1H3. The van der Waals surface area contributed by atoms with Crippen LogP contribution in [-0.4, -0.2) is 10.5 Å². The molecule has 0 unspecified atom stereocenters. The van der Waals surface area contributed by atoms with Crippen molar-refractivity contribution in [2.45, 2.75) is 24.1 Å². The molecular weight excluding hydrogens is 368 g/mol. The summed E-state index contributed by atoms with van der Waals surface area (Å²) in [6.45, 7) is 4.20. The lowest BCUT2D eigenvalue weighted by molar-refractivity contribution is 0.701. The van der Waals surface area contributed by atoms with Crippen LogP contribution in [0.3, 0.4) is 0 Å². The zero-order valence-corrected chi connectivity index (χ0v) is 16.2. The average Bonchev–Trinajstić information content (AvgIpc) is 3.02. The van der Waals surface area contributed by atoms with Gasteiger partial charge in [0.05, 0.1) is 9.73 Å². The van der Waals surface area contributed by atoms with Crippen LogP contribution in [-0.2, 0) is 13.0 Å². The number of halogens is 1. The predicted molar refractivity (Wildman–Crippen MR) is 110 cm³/mol. The Hall–Kier alpha value is -1.46. The Kier molecular flexibility index (Phi) is 3.82. The maximum absolute atomic E-state index is 6.19. The third-order valence-corrected chi connectivity index (χ3v) is 7.63. The van der Waals surface area contributed by atoms with Gasteiger partial charge in [0.25, 0.3) is 0 Å². The van der Waals surface area contributed by atoms with Gasteiger partial charge in [0.2, 0.25) is 0 Å². The molecular formula is C20H17ClN2S2. The first-order chi connectivity index (χ1) is 12.2. The molecule has 0 saturated carbocycles. The number of nitrogens with one attached hydrogen (secondary N) is 1. The summed E-state index contributed by atoms with van der Waals surface area (Å²) in [6.07, 6.45) is 3.41. The normalized spacial score (nSPS) is 14.3. The molecule has 4 aromatic rings. The van der Waals surface area contributed by atoms with Crippen LogP contribution in [0.2, 0.25) is 5.02 Å². The maximum Gasteiger partial charge on any atom is 0.0855 e. The zero-order valence-electron chi connectivity index (χ0n) is 13.8. The topological polar surface area (TPSA) is 17.0 Å². The van der Waals surface area contributed by atoms with Crippen molar-refractivity contribution in [3.8, 4) is 0 Å². The Bertz CT molecular complexity index is 1110. The largest absolute Gasteiger partial charge is 0.312 e. The van der Waals surface area contributed by atoms with Gasteiger partial charge in [-0.2, -0.15) is 0 Å². The summed E-state index contributed by atoms with van der Waals surface area (Å²) in [6, 6.07) is 12.8. The molecule has 0 atom stereocenters. The summed E-state index contributed by atoms with van der Waals surface area (Å²) < 4.78 is 4.98. The van der Waals surface area contributed by atoms with E-state index in [-0.39, 0.29) is 0 Å². The fourth-order valence-electron chi connectivity index (χ4n) is 3.62. The molecule has 0 fully saturated rings. The fraction of sp³-hybridized carbons (Fsp3) is 0.200. The van der Waals surface area contributed by atoms with E-state index >= 15 is 0 Å². The number of aromatic nitrogens is 1. The molecule has 1 aliphatic rings. The van der Waals surface area contributed by atoms with E-state index in [9.17, 15) is 0 Å². The van der Waals surface area contributed by atoms with E-state index in [1.54, 1.807) is 0 Å². The molecule has 0 amide bonds. The van der Waals surface area contributed by atoms with Gasteiger partial charge in [0, 0.05) is 39.8 Å². The third-order valence-electron chi connectivity index (χ3n) is 4.88. The molecule has 126 valence electrons. The summed E-state index contributed by atoms with van der Waals surface area (Å²) in [5.74, 6) is 0. The minimum atomic E-state index is 0.804. The summed E-state index contributed by atoms with van der Waals surface area (Å²) in [5.41, 5.74) is 5.49. The lowest BCUT2D eigenvalue weighted by Gasteiger charge is -2.06. The minimum Gasteiger partial charge on any atom is -0.312 e. The lowest BCUT2D eigenvalue weighted by atomic mass is 10.1. The summed E-state index contributed by atoms with van der Waals surface area (Å²) >= 11 is 9.86. The second-order valence-corrected chi connectivity index (χ2v) is 9.20. The second kappa shape index (κ2) is 6.06. The van der Waals surface area contributed by atoms with Gasteiger partial charge < -0.3 is 5.32 Å². The van der Waals surface area contributed by atoms with Crippen LogP contribution in [0.15, 0.2) is 46.8 Å². The molecule has 0 bridgehead atoms. The van der Waals surface area contributed by atoms with E-state index in [0.717, 1.165) is 24.5 Å². The number of benzene rings is 2. The van der Waals surface area contributed by atoms with Gasteiger partial charge in [0.1, 0.15) is 0 Å². The van der Waals surface area contributed by atoms with Gasteiger partial charge in [-0.05, 0) is 66.2 Å². The van der Waals surface area contributed by atoms with Crippen molar-refractivity contribution >= 4 is 55.9 Å². The van der Waals surface area contributed by atoms with Crippen LogP contribution in [0.5, 0.6) is 0 Å². The van der Waals surface area contributed by atoms with E-state index in [1.165, 1.54) is 41.9 Å². The molecule has 2 aromatic heterocycles. The summed E-state index contributed by atoms with van der Waals surface area (Å²) in [4.78, 5) is 0. The Morgan fingerprint density at radius 2 is 2.12 bits per heavy atom. The Morgan fingerprint density at radius 1 is 1.20 bits per heavy atom. The molecule has 0 saturated heterocycles. The number of hydrogen-bond acceptors (Lipinski definition) is 3. The van der Waals surface area contributed by atoms with Crippen molar-refractivity contribution < 1.29 is 0 Å². The van der Waals surface area contributed by atoms with E-state index in [1.807, 2.05) is 29.4 Å². The van der Waals surface area contributed by atoms with Crippen molar-refractivity contribution in [3.63, 3.8) is 0 Å². The number of aryl methyl sites for hydroxylation is 1. The van der Waals surface area contributed by atoms with Crippen LogP contribution in [0.4, 0.5) is 0 Å². The minimum absolute atomic E-state index is 0.804. The van der Waals surface area contributed by atoms with Crippen LogP contribution >= 0.6 is 34.9 Å². The molecule has 0 aliphatic carbocycles. The third kappa shape index (κ3) is 2.59. The van der Waals surface area contributed by atoms with Crippen molar-refractivity contribution in [2.75, 3.05) is 6.54 Å². The smallest absolute Gasteiger partial charge is 0.0855 e. The number of hydrogen-bond donors (Lipinski definition) is 1. The van der Waals surface area contributed by atoms with Crippen LogP contribution in [0.1, 0.15) is 16.7 Å². The molecule has 25 heavy (non-hydrogen) atoms. The SMILES string of the molecule is Cc1c(Sn2cc3c4c(cccc42)CNCC3)sc2ccc(Cl)cc12. The molecule has 0 spiro atoms. The maximum atomic E-state index is 6.19. The summed E-state index contributed by atoms with van der Waals surface area (Å²) in [7, 11) is 0. The highest BCUT2D eigenvalue weighted by Crippen LogP contribution is 2.41. The molecule has 2 nitrogen and oxygen atoms in total. The molecule has 5 heteroatoms. The highest BCUT2D eigenvalue weighted by molar-refractivity contribution is 8.00. The Labute approximate surface area is 159 Å². The van der Waals surface area contributed by atoms with Gasteiger partial charge in [0.15, 0.2) is 0 Å². The van der Waals surface area contributed by atoms with E-state index in [0.29, 0.717) is 0 Å². The molecule has 0 radical (unpaired) electrons. The molecule has 5 rings (SSSR count). The van der Waals surface area contributed by atoms with Crippen LogP contribution in [0, 0.1) is 6.92 Å². The van der Waals surface area contributed by atoms with Gasteiger partial charge in [-0.25, -0.2) is 0 Å². The monoisotopic (exact) mass is 384 g/mol. The van der Waals surface area contributed by atoms with Gasteiger partial charge >= 0.3 is 0 Å². The van der Waals surface area contributed by atoms with Crippen molar-refractivity contribution in [3.05, 3.63) is 64.3 Å². The van der Waals surface area contributed by atoms with E-state index in [4.69, 9.17) is 11.6 Å². The molecule has 2 aromatic carbocycles. The average molecular weight is 385 g/mol. The van der Waals surface area contributed by atoms with Gasteiger partial charge in [-0.15, -0.1) is 11.3 Å². The Balaban J connectivity index is 1.65. The molecule has 1 aliphatic heterocycles. The first-order valence-electron chi connectivity index (χ1n) is 8.40. The van der Waals surface area contributed by atoms with Gasteiger partial charge in [-0.3, -0.25) is 3.97 Å².